The first-order valence-corrected chi connectivity index (χ1v) is 6.74. The summed E-state index contributed by atoms with van der Waals surface area (Å²) in [5.41, 5.74) is 0.665. The number of carbonyl (C=O) groups is 1. The molecule has 3 aromatic rings. The van der Waals surface area contributed by atoms with E-state index in [0.29, 0.717) is 11.2 Å². The molecule has 0 radical (unpaired) electrons. The molecule has 0 saturated carbocycles. The van der Waals surface area contributed by atoms with Crippen LogP contribution >= 0.6 is 0 Å². The van der Waals surface area contributed by atoms with Crippen LogP contribution in [0, 0.1) is 5.82 Å². The summed E-state index contributed by atoms with van der Waals surface area (Å²) in [7, 11) is 1.78. The lowest BCUT2D eigenvalue weighted by molar-refractivity contribution is -0.116. The molecular formula is C16H14FN3O2. The lowest BCUT2D eigenvalue weighted by Gasteiger charge is -2.08. The third-order valence-electron chi connectivity index (χ3n) is 3.42. The lowest BCUT2D eigenvalue weighted by atomic mass is 10.3. The topological polar surface area (TPSA) is 56.0 Å². The van der Waals surface area contributed by atoms with Crippen molar-refractivity contribution in [1.29, 1.82) is 0 Å². The van der Waals surface area contributed by atoms with Gasteiger partial charge in [-0.2, -0.15) is 0 Å². The maximum atomic E-state index is 13.1. The minimum absolute atomic E-state index is 0.129. The monoisotopic (exact) mass is 299 g/mol. The average molecular weight is 299 g/mol. The van der Waals surface area contributed by atoms with Crippen LogP contribution < -0.4 is 10.9 Å². The van der Waals surface area contributed by atoms with Gasteiger partial charge in [0.05, 0.1) is 0 Å². The van der Waals surface area contributed by atoms with Gasteiger partial charge in [-0.15, -0.1) is 0 Å². The smallest absolute Gasteiger partial charge is 0.275 e. The molecule has 1 N–H and O–H groups in total. The van der Waals surface area contributed by atoms with Crippen molar-refractivity contribution in [3.05, 3.63) is 65.0 Å². The molecule has 0 unspecified atom stereocenters. The van der Waals surface area contributed by atoms with Crippen LogP contribution in [0.1, 0.15) is 0 Å². The van der Waals surface area contributed by atoms with Gasteiger partial charge in [0.1, 0.15) is 17.9 Å². The van der Waals surface area contributed by atoms with Crippen LogP contribution in [0.3, 0.4) is 0 Å². The number of rotatable bonds is 3. The Balaban J connectivity index is 1.84. The fourth-order valence-corrected chi connectivity index (χ4v) is 2.38. The fourth-order valence-electron chi connectivity index (χ4n) is 2.38. The molecule has 3 rings (SSSR count). The van der Waals surface area contributed by atoms with Gasteiger partial charge >= 0.3 is 0 Å². The third kappa shape index (κ3) is 2.63. The predicted octanol–water partition coefficient (Wildman–Crippen LogP) is 2.12. The third-order valence-corrected chi connectivity index (χ3v) is 3.42. The fraction of sp³-hybridized carbons (Fsp3) is 0.125. The van der Waals surface area contributed by atoms with Crippen molar-refractivity contribution < 1.29 is 9.18 Å². The van der Waals surface area contributed by atoms with Gasteiger partial charge in [-0.3, -0.25) is 9.59 Å². The normalized spacial score (nSPS) is 10.8. The summed E-state index contributed by atoms with van der Waals surface area (Å²) in [6.45, 7) is -0.129. The number of hydrogen-bond donors (Lipinski definition) is 1. The zero-order valence-corrected chi connectivity index (χ0v) is 11.9. The van der Waals surface area contributed by atoms with E-state index in [1.165, 1.54) is 22.8 Å². The standard InChI is InChI=1S/C16H14FN3O2/c1-19-7-5-11-6-8-20(16(22)15(11)19)10-14(21)18-13-4-2-3-12(17)9-13/h2-9H,10H2,1H3,(H,18,21). The second-order valence-electron chi connectivity index (χ2n) is 5.04. The van der Waals surface area contributed by atoms with Gasteiger partial charge in [0.15, 0.2) is 0 Å². The van der Waals surface area contributed by atoms with Crippen molar-refractivity contribution in [2.45, 2.75) is 6.54 Å². The molecule has 5 nitrogen and oxygen atoms in total. The molecule has 6 heteroatoms. The van der Waals surface area contributed by atoms with E-state index in [0.717, 1.165) is 5.39 Å². The molecular weight excluding hydrogens is 285 g/mol. The number of anilines is 1. The van der Waals surface area contributed by atoms with E-state index in [-0.39, 0.29) is 18.0 Å². The molecule has 0 aliphatic rings. The van der Waals surface area contributed by atoms with E-state index < -0.39 is 5.82 Å². The van der Waals surface area contributed by atoms with Crippen LogP contribution in [-0.4, -0.2) is 15.0 Å². The van der Waals surface area contributed by atoms with Gasteiger partial charge in [-0.25, -0.2) is 4.39 Å². The molecule has 0 saturated heterocycles. The Kier molecular flexibility index (Phi) is 3.50. The Hall–Kier alpha value is -2.89. The number of aryl methyl sites for hydroxylation is 1. The van der Waals surface area contributed by atoms with Crippen LogP contribution in [0.4, 0.5) is 10.1 Å². The zero-order valence-electron chi connectivity index (χ0n) is 11.9. The molecule has 0 fully saturated rings. The maximum absolute atomic E-state index is 13.1. The predicted molar refractivity (Wildman–Crippen MR) is 82.2 cm³/mol. The van der Waals surface area contributed by atoms with E-state index in [2.05, 4.69) is 5.32 Å². The molecule has 22 heavy (non-hydrogen) atoms. The number of aromatic nitrogens is 2. The number of fused-ring (bicyclic) bond motifs is 1. The number of carbonyl (C=O) groups excluding carboxylic acids is 1. The largest absolute Gasteiger partial charge is 0.346 e. The summed E-state index contributed by atoms with van der Waals surface area (Å²) in [5.74, 6) is -0.818. The van der Waals surface area contributed by atoms with Crippen molar-refractivity contribution in [1.82, 2.24) is 9.13 Å². The maximum Gasteiger partial charge on any atom is 0.275 e. The molecule has 1 aromatic carbocycles. The van der Waals surface area contributed by atoms with Gasteiger partial charge in [-0.05, 0) is 30.3 Å². The highest BCUT2D eigenvalue weighted by Crippen LogP contribution is 2.11. The molecule has 112 valence electrons. The summed E-state index contributed by atoms with van der Waals surface area (Å²) in [5, 5.41) is 3.40. The van der Waals surface area contributed by atoms with E-state index >= 15 is 0 Å². The van der Waals surface area contributed by atoms with Crippen molar-refractivity contribution in [3.63, 3.8) is 0 Å². The Morgan fingerprint density at radius 1 is 1.23 bits per heavy atom. The number of amides is 1. The Morgan fingerprint density at radius 3 is 2.77 bits per heavy atom. The van der Waals surface area contributed by atoms with Crippen molar-refractivity contribution in [2.75, 3.05) is 5.32 Å². The quantitative estimate of drug-likeness (QED) is 0.805. The van der Waals surface area contributed by atoms with Crippen LogP contribution in [-0.2, 0) is 18.4 Å². The van der Waals surface area contributed by atoms with Crippen LogP contribution in [0.2, 0.25) is 0 Å². The second-order valence-corrected chi connectivity index (χ2v) is 5.04. The molecule has 0 aliphatic carbocycles. The summed E-state index contributed by atoms with van der Waals surface area (Å²) >= 11 is 0. The number of nitrogens with one attached hydrogen (secondary N) is 1. The van der Waals surface area contributed by atoms with Crippen molar-refractivity contribution in [3.8, 4) is 0 Å². The first-order chi connectivity index (χ1) is 10.5. The molecule has 0 aliphatic heterocycles. The molecule has 2 heterocycles. The Morgan fingerprint density at radius 2 is 2.00 bits per heavy atom. The van der Waals surface area contributed by atoms with Gasteiger partial charge in [0.25, 0.3) is 5.56 Å². The minimum atomic E-state index is -0.430. The molecule has 0 bridgehead atoms. The van der Waals surface area contributed by atoms with Gasteiger partial charge in [0, 0.05) is 30.5 Å². The van der Waals surface area contributed by atoms with Gasteiger partial charge < -0.3 is 14.5 Å². The lowest BCUT2D eigenvalue weighted by Crippen LogP contribution is -2.27. The number of hydrogen-bond acceptors (Lipinski definition) is 2. The SMILES string of the molecule is Cn1ccc2ccn(CC(=O)Nc3cccc(F)c3)c(=O)c21. The van der Waals surface area contributed by atoms with Crippen LogP contribution in [0.5, 0.6) is 0 Å². The summed E-state index contributed by atoms with van der Waals surface area (Å²) < 4.78 is 16.1. The van der Waals surface area contributed by atoms with Gasteiger partial charge in [-0.1, -0.05) is 6.07 Å². The highest BCUT2D eigenvalue weighted by molar-refractivity contribution is 5.90. The highest BCUT2D eigenvalue weighted by Gasteiger charge is 2.09. The summed E-state index contributed by atoms with van der Waals surface area (Å²) in [6, 6.07) is 9.24. The molecule has 1 amide bonds. The minimum Gasteiger partial charge on any atom is -0.346 e. The Bertz CT molecular complexity index is 911. The average Bonchev–Trinajstić information content (AvgIpc) is 2.84. The van der Waals surface area contributed by atoms with Crippen LogP contribution in [0.15, 0.2) is 53.6 Å². The molecule has 0 atom stereocenters. The highest BCUT2D eigenvalue weighted by atomic mass is 19.1. The van der Waals surface area contributed by atoms with E-state index in [1.807, 2.05) is 6.07 Å². The van der Waals surface area contributed by atoms with E-state index in [4.69, 9.17) is 0 Å². The molecule has 0 spiro atoms. The van der Waals surface area contributed by atoms with Crippen LogP contribution in [0.25, 0.3) is 10.9 Å². The van der Waals surface area contributed by atoms with Crippen molar-refractivity contribution >= 4 is 22.5 Å². The first kappa shape index (κ1) is 14.1. The number of pyridine rings is 1. The number of nitrogens with zero attached hydrogens (tertiary/aromatic N) is 2. The van der Waals surface area contributed by atoms with E-state index in [9.17, 15) is 14.0 Å². The summed E-state index contributed by atoms with van der Waals surface area (Å²) in [6.07, 6.45) is 3.37. The summed E-state index contributed by atoms with van der Waals surface area (Å²) in [4.78, 5) is 24.4. The number of benzene rings is 1. The Labute approximate surface area is 125 Å². The molecule has 2 aromatic heterocycles. The van der Waals surface area contributed by atoms with Crippen molar-refractivity contribution in [2.24, 2.45) is 7.05 Å². The number of halogens is 1. The first-order valence-electron chi connectivity index (χ1n) is 6.74. The van der Waals surface area contributed by atoms with E-state index in [1.54, 1.807) is 36.1 Å². The zero-order chi connectivity index (χ0) is 15.7. The van der Waals surface area contributed by atoms with Gasteiger partial charge in [0.2, 0.25) is 5.91 Å². The second kappa shape index (κ2) is 5.48.